The highest BCUT2D eigenvalue weighted by Crippen LogP contribution is 2.25. The second kappa shape index (κ2) is 7.83. The molecule has 2 aromatic rings. The highest BCUT2D eigenvalue weighted by Gasteiger charge is 2.27. The molecule has 0 aromatic carbocycles. The van der Waals surface area contributed by atoms with E-state index in [9.17, 15) is 9.59 Å². The van der Waals surface area contributed by atoms with Crippen LogP contribution in [-0.4, -0.2) is 50.8 Å². The predicted octanol–water partition coefficient (Wildman–Crippen LogP) is 2.50. The van der Waals surface area contributed by atoms with E-state index < -0.39 is 5.60 Å². The lowest BCUT2D eigenvalue weighted by Crippen LogP contribution is -2.35. The SMILES string of the molecule is CC(C)(C)OC(=O)N1CC=C(c2nnc(C(=O)NCc3ccccn3)s2)C1. The van der Waals surface area contributed by atoms with Crippen LogP contribution >= 0.6 is 11.3 Å². The van der Waals surface area contributed by atoms with Crippen LogP contribution in [0, 0.1) is 0 Å². The molecule has 142 valence electrons. The average Bonchev–Trinajstić information content (AvgIpc) is 3.28. The summed E-state index contributed by atoms with van der Waals surface area (Å²) >= 11 is 1.20. The molecular weight excluding hydrogens is 366 g/mol. The first-order chi connectivity index (χ1) is 12.8. The second-order valence-electron chi connectivity index (χ2n) is 7.01. The quantitative estimate of drug-likeness (QED) is 0.866. The largest absolute Gasteiger partial charge is 0.444 e. The number of rotatable bonds is 4. The third-order valence-corrected chi connectivity index (χ3v) is 4.62. The van der Waals surface area contributed by atoms with Crippen LogP contribution in [0.4, 0.5) is 4.79 Å². The first-order valence-electron chi connectivity index (χ1n) is 8.51. The number of nitrogens with zero attached hydrogens (tertiary/aromatic N) is 4. The van der Waals surface area contributed by atoms with Gasteiger partial charge in [0.25, 0.3) is 5.91 Å². The Morgan fingerprint density at radius 3 is 2.81 bits per heavy atom. The molecule has 0 saturated carbocycles. The molecule has 1 N–H and O–H groups in total. The standard InChI is InChI=1S/C18H21N5O3S/c1-18(2,3)26-17(25)23-9-7-12(11-23)15-21-22-16(27-15)14(24)20-10-13-6-4-5-8-19-13/h4-8H,9-11H2,1-3H3,(H,20,24). The first-order valence-corrected chi connectivity index (χ1v) is 9.32. The van der Waals surface area contributed by atoms with Crippen LogP contribution in [-0.2, 0) is 11.3 Å². The zero-order chi connectivity index (χ0) is 19.4. The van der Waals surface area contributed by atoms with Crippen molar-refractivity contribution in [3.63, 3.8) is 0 Å². The number of carbonyl (C=O) groups excluding carboxylic acids is 2. The summed E-state index contributed by atoms with van der Waals surface area (Å²) in [5.74, 6) is -0.299. The fourth-order valence-electron chi connectivity index (χ4n) is 2.37. The van der Waals surface area contributed by atoms with Gasteiger partial charge in [0.15, 0.2) is 0 Å². The van der Waals surface area contributed by atoms with Gasteiger partial charge in [0.2, 0.25) is 5.01 Å². The Morgan fingerprint density at radius 2 is 2.11 bits per heavy atom. The van der Waals surface area contributed by atoms with E-state index in [4.69, 9.17) is 4.74 Å². The van der Waals surface area contributed by atoms with Crippen LogP contribution in [0.1, 0.15) is 41.3 Å². The number of amides is 2. The van der Waals surface area contributed by atoms with E-state index in [1.54, 1.807) is 11.1 Å². The lowest BCUT2D eigenvalue weighted by molar-refractivity contribution is 0.0306. The van der Waals surface area contributed by atoms with Crippen molar-refractivity contribution in [3.8, 4) is 0 Å². The fraction of sp³-hybridized carbons (Fsp3) is 0.389. The minimum absolute atomic E-state index is 0.276. The van der Waals surface area contributed by atoms with Crippen molar-refractivity contribution in [3.05, 3.63) is 46.2 Å². The number of hydrogen-bond acceptors (Lipinski definition) is 7. The van der Waals surface area contributed by atoms with Crippen molar-refractivity contribution >= 4 is 28.9 Å². The Labute approximate surface area is 161 Å². The summed E-state index contributed by atoms with van der Waals surface area (Å²) in [6.45, 7) is 6.65. The molecule has 0 radical (unpaired) electrons. The first kappa shape index (κ1) is 19.0. The van der Waals surface area contributed by atoms with Crippen molar-refractivity contribution in [2.75, 3.05) is 13.1 Å². The van der Waals surface area contributed by atoms with Gasteiger partial charge in [-0.2, -0.15) is 0 Å². The highest BCUT2D eigenvalue weighted by molar-refractivity contribution is 7.14. The zero-order valence-electron chi connectivity index (χ0n) is 15.4. The molecule has 0 atom stereocenters. The molecular formula is C18H21N5O3S. The smallest absolute Gasteiger partial charge is 0.410 e. The summed E-state index contributed by atoms with van der Waals surface area (Å²) in [5, 5.41) is 11.7. The molecule has 1 aliphatic rings. The van der Waals surface area contributed by atoms with Gasteiger partial charge < -0.3 is 15.0 Å². The van der Waals surface area contributed by atoms with E-state index >= 15 is 0 Å². The van der Waals surface area contributed by atoms with E-state index in [0.29, 0.717) is 24.6 Å². The Balaban J connectivity index is 1.56. The van der Waals surface area contributed by atoms with E-state index in [2.05, 4.69) is 20.5 Å². The molecule has 0 fully saturated rings. The summed E-state index contributed by atoms with van der Waals surface area (Å²) in [4.78, 5) is 30.1. The molecule has 2 amide bonds. The van der Waals surface area contributed by atoms with Gasteiger partial charge in [-0.3, -0.25) is 9.78 Å². The number of pyridine rings is 1. The molecule has 0 bridgehead atoms. The van der Waals surface area contributed by atoms with Gasteiger partial charge in [-0.05, 0) is 32.9 Å². The van der Waals surface area contributed by atoms with E-state index in [-0.39, 0.29) is 17.0 Å². The van der Waals surface area contributed by atoms with E-state index in [1.165, 1.54) is 11.3 Å². The highest BCUT2D eigenvalue weighted by atomic mass is 32.1. The predicted molar refractivity (Wildman–Crippen MR) is 101 cm³/mol. The molecule has 27 heavy (non-hydrogen) atoms. The Kier molecular flexibility index (Phi) is 5.50. The van der Waals surface area contributed by atoms with Crippen LogP contribution in [0.5, 0.6) is 0 Å². The zero-order valence-corrected chi connectivity index (χ0v) is 16.2. The maximum atomic E-state index is 12.2. The Bertz CT molecular complexity index is 857. The maximum Gasteiger partial charge on any atom is 0.410 e. The van der Waals surface area contributed by atoms with Crippen molar-refractivity contribution in [2.45, 2.75) is 32.9 Å². The van der Waals surface area contributed by atoms with Crippen LogP contribution in [0.25, 0.3) is 5.57 Å². The number of carbonyl (C=O) groups is 2. The summed E-state index contributed by atoms with van der Waals surface area (Å²) in [7, 11) is 0. The minimum Gasteiger partial charge on any atom is -0.444 e. The van der Waals surface area contributed by atoms with Crippen molar-refractivity contribution < 1.29 is 14.3 Å². The molecule has 8 nitrogen and oxygen atoms in total. The van der Waals surface area contributed by atoms with Crippen molar-refractivity contribution in [1.82, 2.24) is 25.4 Å². The molecule has 0 unspecified atom stereocenters. The fourth-order valence-corrected chi connectivity index (χ4v) is 3.16. The molecule has 2 aromatic heterocycles. The average molecular weight is 387 g/mol. The lowest BCUT2D eigenvalue weighted by Gasteiger charge is -2.24. The normalized spacial score (nSPS) is 14.0. The molecule has 0 saturated heterocycles. The number of ether oxygens (including phenoxy) is 1. The van der Waals surface area contributed by atoms with Gasteiger partial charge in [0.1, 0.15) is 10.6 Å². The Morgan fingerprint density at radius 1 is 1.30 bits per heavy atom. The van der Waals surface area contributed by atoms with Crippen molar-refractivity contribution in [2.24, 2.45) is 0 Å². The number of nitrogens with one attached hydrogen (secondary N) is 1. The van der Waals surface area contributed by atoms with Gasteiger partial charge in [0, 0.05) is 18.3 Å². The lowest BCUT2D eigenvalue weighted by atomic mass is 10.2. The van der Waals surface area contributed by atoms with Crippen LogP contribution in [0.15, 0.2) is 30.5 Å². The summed E-state index contributed by atoms with van der Waals surface area (Å²) in [5.41, 5.74) is 1.09. The van der Waals surface area contributed by atoms with Gasteiger partial charge >= 0.3 is 6.09 Å². The van der Waals surface area contributed by atoms with Gasteiger partial charge in [-0.1, -0.05) is 23.5 Å². The minimum atomic E-state index is -0.540. The summed E-state index contributed by atoms with van der Waals surface area (Å²) < 4.78 is 5.37. The topological polar surface area (TPSA) is 97.3 Å². The molecule has 3 heterocycles. The Hall–Kier alpha value is -2.81. The van der Waals surface area contributed by atoms with Crippen molar-refractivity contribution in [1.29, 1.82) is 0 Å². The van der Waals surface area contributed by atoms with Crippen LogP contribution in [0.3, 0.4) is 0 Å². The van der Waals surface area contributed by atoms with Gasteiger partial charge in [0.05, 0.1) is 18.8 Å². The number of aromatic nitrogens is 3. The third kappa shape index (κ3) is 5.10. The molecule has 0 aliphatic carbocycles. The third-order valence-electron chi connectivity index (χ3n) is 3.62. The summed E-state index contributed by atoms with van der Waals surface area (Å²) in [6, 6.07) is 5.51. The maximum absolute atomic E-state index is 12.2. The van der Waals surface area contributed by atoms with Gasteiger partial charge in [-0.15, -0.1) is 10.2 Å². The second-order valence-corrected chi connectivity index (χ2v) is 7.98. The van der Waals surface area contributed by atoms with E-state index in [0.717, 1.165) is 11.3 Å². The van der Waals surface area contributed by atoms with E-state index in [1.807, 2.05) is 45.0 Å². The summed E-state index contributed by atoms with van der Waals surface area (Å²) in [6.07, 6.45) is 3.21. The van der Waals surface area contributed by atoms with Gasteiger partial charge in [-0.25, -0.2) is 4.79 Å². The monoisotopic (exact) mass is 387 g/mol. The molecule has 9 heteroatoms. The molecule has 1 aliphatic heterocycles. The molecule has 0 spiro atoms. The number of hydrogen-bond donors (Lipinski definition) is 1. The van der Waals surface area contributed by atoms with Crippen LogP contribution in [0.2, 0.25) is 0 Å². The molecule has 3 rings (SSSR count). The van der Waals surface area contributed by atoms with Crippen LogP contribution < -0.4 is 5.32 Å².